The molecule has 2 aromatic heterocycles. The summed E-state index contributed by atoms with van der Waals surface area (Å²) in [4.78, 5) is 13.4. The van der Waals surface area contributed by atoms with Crippen molar-refractivity contribution in [1.29, 1.82) is 0 Å². The Balaban J connectivity index is 0.00000261. The molecule has 7 heteroatoms. The van der Waals surface area contributed by atoms with E-state index in [-0.39, 0.29) is 24.0 Å². The number of hydrogen-bond donors (Lipinski definition) is 2. The second kappa shape index (κ2) is 11.3. The lowest BCUT2D eigenvalue weighted by molar-refractivity contribution is 0.572. The molecule has 0 aliphatic rings. The number of nitrogens with zero attached hydrogens (tertiary/aromatic N) is 3. The zero-order valence-corrected chi connectivity index (χ0v) is 17.6. The van der Waals surface area contributed by atoms with Gasteiger partial charge in [-0.3, -0.25) is 4.98 Å². The van der Waals surface area contributed by atoms with E-state index in [1.165, 1.54) is 0 Å². The van der Waals surface area contributed by atoms with Crippen LogP contribution in [0.3, 0.4) is 0 Å². The molecule has 142 valence electrons. The average Bonchev–Trinajstić information content (AvgIpc) is 3.17. The van der Waals surface area contributed by atoms with Crippen LogP contribution < -0.4 is 10.6 Å². The lowest BCUT2D eigenvalue weighted by atomic mass is 10.2. The fourth-order valence-corrected chi connectivity index (χ4v) is 2.45. The summed E-state index contributed by atoms with van der Waals surface area (Å²) >= 11 is 0. The maximum atomic E-state index is 5.55. The highest BCUT2D eigenvalue weighted by molar-refractivity contribution is 14.0. The third-order valence-corrected chi connectivity index (χ3v) is 3.72. The van der Waals surface area contributed by atoms with Gasteiger partial charge in [-0.2, -0.15) is 0 Å². The molecule has 0 fully saturated rings. The first-order valence-electron chi connectivity index (χ1n) is 8.77. The van der Waals surface area contributed by atoms with Gasteiger partial charge in [-0.15, -0.1) is 24.0 Å². The summed E-state index contributed by atoms with van der Waals surface area (Å²) < 4.78 is 5.55. The van der Waals surface area contributed by atoms with Gasteiger partial charge in [0.05, 0.1) is 6.54 Å². The first-order valence-corrected chi connectivity index (χ1v) is 8.77. The molecule has 1 aromatic carbocycles. The lowest BCUT2D eigenvalue weighted by Crippen LogP contribution is -2.38. The van der Waals surface area contributed by atoms with Gasteiger partial charge in [0.2, 0.25) is 5.89 Å². The maximum absolute atomic E-state index is 5.55. The van der Waals surface area contributed by atoms with Crippen molar-refractivity contribution in [2.45, 2.75) is 19.9 Å². The van der Waals surface area contributed by atoms with Gasteiger partial charge in [-0.1, -0.05) is 24.3 Å². The molecule has 0 bridgehead atoms. The van der Waals surface area contributed by atoms with E-state index in [0.29, 0.717) is 12.4 Å². The van der Waals surface area contributed by atoms with Gasteiger partial charge in [0.25, 0.3) is 0 Å². The molecule has 0 saturated carbocycles. The molecule has 0 amide bonds. The smallest absolute Gasteiger partial charge is 0.226 e. The predicted octanol–water partition coefficient (Wildman–Crippen LogP) is 3.65. The van der Waals surface area contributed by atoms with Crippen molar-refractivity contribution >= 4 is 29.9 Å². The Morgan fingerprint density at radius 3 is 2.59 bits per heavy atom. The molecule has 3 rings (SSSR count). The zero-order chi connectivity index (χ0) is 18.0. The minimum Gasteiger partial charge on any atom is -0.444 e. The fourth-order valence-electron chi connectivity index (χ4n) is 2.45. The van der Waals surface area contributed by atoms with Crippen molar-refractivity contribution in [3.05, 3.63) is 72.4 Å². The van der Waals surface area contributed by atoms with Crippen molar-refractivity contribution in [1.82, 2.24) is 20.6 Å². The van der Waals surface area contributed by atoms with E-state index < -0.39 is 0 Å². The molecule has 0 radical (unpaired) electrons. The molecule has 0 unspecified atom stereocenters. The van der Waals surface area contributed by atoms with Crippen LogP contribution >= 0.6 is 24.0 Å². The molecule has 0 spiro atoms. The Kier molecular flexibility index (Phi) is 8.76. The first-order chi connectivity index (χ1) is 12.8. The highest BCUT2D eigenvalue weighted by Crippen LogP contribution is 2.18. The predicted molar refractivity (Wildman–Crippen MR) is 118 cm³/mol. The van der Waals surface area contributed by atoms with E-state index >= 15 is 0 Å². The minimum atomic E-state index is 0. The number of oxazole rings is 1. The molecule has 2 N–H and O–H groups in total. The summed E-state index contributed by atoms with van der Waals surface area (Å²) in [5.41, 5.74) is 2.81. The van der Waals surface area contributed by atoms with Gasteiger partial charge >= 0.3 is 0 Å². The van der Waals surface area contributed by atoms with Gasteiger partial charge in [-0.25, -0.2) is 9.98 Å². The molecule has 2 heterocycles. The zero-order valence-electron chi connectivity index (χ0n) is 15.3. The SMILES string of the molecule is CCNC(=NCc1coc(-c2ccccc2)n1)NCCc1ccccn1.I. The van der Waals surface area contributed by atoms with E-state index in [1.807, 2.05) is 61.7 Å². The minimum absolute atomic E-state index is 0. The van der Waals surface area contributed by atoms with Crippen LogP contribution in [-0.2, 0) is 13.0 Å². The van der Waals surface area contributed by atoms with Crippen molar-refractivity contribution in [2.75, 3.05) is 13.1 Å². The topological polar surface area (TPSA) is 75.3 Å². The first kappa shape index (κ1) is 20.9. The lowest BCUT2D eigenvalue weighted by Gasteiger charge is -2.10. The molecule has 0 atom stereocenters. The molecule has 6 nitrogen and oxygen atoms in total. The Hall–Kier alpha value is -2.42. The normalized spacial score (nSPS) is 10.9. The second-order valence-corrected chi connectivity index (χ2v) is 5.70. The number of aliphatic imine (C=N–C) groups is 1. The van der Waals surface area contributed by atoms with Crippen molar-refractivity contribution < 1.29 is 4.42 Å². The van der Waals surface area contributed by atoms with E-state index in [1.54, 1.807) is 6.26 Å². The van der Waals surface area contributed by atoms with E-state index in [9.17, 15) is 0 Å². The second-order valence-electron chi connectivity index (χ2n) is 5.70. The highest BCUT2D eigenvalue weighted by atomic mass is 127. The molecule has 27 heavy (non-hydrogen) atoms. The number of pyridine rings is 1. The summed E-state index contributed by atoms with van der Waals surface area (Å²) in [7, 11) is 0. The van der Waals surface area contributed by atoms with Crippen LogP contribution in [0.5, 0.6) is 0 Å². The summed E-state index contributed by atoms with van der Waals surface area (Å²) in [5.74, 6) is 1.37. The summed E-state index contributed by atoms with van der Waals surface area (Å²) in [6, 6.07) is 15.8. The van der Waals surface area contributed by atoms with Crippen LogP contribution in [-0.4, -0.2) is 29.0 Å². The largest absolute Gasteiger partial charge is 0.444 e. The van der Waals surface area contributed by atoms with Gasteiger partial charge < -0.3 is 15.1 Å². The average molecular weight is 477 g/mol. The maximum Gasteiger partial charge on any atom is 0.226 e. The number of rotatable bonds is 7. The number of hydrogen-bond acceptors (Lipinski definition) is 4. The van der Waals surface area contributed by atoms with Crippen LogP contribution in [0.4, 0.5) is 0 Å². The Labute approximate surface area is 176 Å². The fraction of sp³-hybridized carbons (Fsp3) is 0.250. The number of benzene rings is 1. The van der Waals surface area contributed by atoms with Gasteiger partial charge in [0, 0.05) is 37.0 Å². The van der Waals surface area contributed by atoms with Gasteiger partial charge in [0.15, 0.2) is 5.96 Å². The Bertz CT molecular complexity index is 821. The molecule has 0 saturated heterocycles. The number of guanidine groups is 1. The number of halogens is 1. The molecule has 0 aliphatic heterocycles. The Morgan fingerprint density at radius 2 is 1.85 bits per heavy atom. The quantitative estimate of drug-likeness (QED) is 0.309. The van der Waals surface area contributed by atoms with Crippen LogP contribution in [0.1, 0.15) is 18.3 Å². The molecular weight excluding hydrogens is 453 g/mol. The summed E-state index contributed by atoms with van der Waals surface area (Å²) in [5, 5.41) is 6.56. The standard InChI is InChI=1S/C20H23N5O.HI/c1-2-21-20(23-13-11-17-10-6-7-12-22-17)24-14-18-15-26-19(25-18)16-8-4-3-5-9-16;/h3-10,12,15H,2,11,13-14H2,1H3,(H2,21,23,24);1H. The van der Waals surface area contributed by atoms with Crippen LogP contribution in [0.25, 0.3) is 11.5 Å². The van der Waals surface area contributed by atoms with E-state index in [2.05, 4.69) is 25.6 Å². The van der Waals surface area contributed by atoms with Crippen molar-refractivity contribution in [2.24, 2.45) is 4.99 Å². The third-order valence-electron chi connectivity index (χ3n) is 3.72. The number of aromatic nitrogens is 2. The van der Waals surface area contributed by atoms with Crippen LogP contribution in [0.2, 0.25) is 0 Å². The highest BCUT2D eigenvalue weighted by Gasteiger charge is 2.06. The van der Waals surface area contributed by atoms with E-state index in [4.69, 9.17) is 4.42 Å². The van der Waals surface area contributed by atoms with Crippen molar-refractivity contribution in [3.63, 3.8) is 0 Å². The van der Waals surface area contributed by atoms with Crippen LogP contribution in [0, 0.1) is 0 Å². The number of nitrogens with one attached hydrogen (secondary N) is 2. The molecular formula is C20H24IN5O. The van der Waals surface area contributed by atoms with Gasteiger partial charge in [0.1, 0.15) is 12.0 Å². The Morgan fingerprint density at radius 1 is 1.04 bits per heavy atom. The summed E-state index contributed by atoms with van der Waals surface area (Å²) in [6.45, 7) is 4.05. The van der Waals surface area contributed by atoms with Crippen LogP contribution in [0.15, 0.2) is 70.4 Å². The monoisotopic (exact) mass is 477 g/mol. The third kappa shape index (κ3) is 6.67. The summed E-state index contributed by atoms with van der Waals surface area (Å²) in [6.07, 6.45) is 4.31. The van der Waals surface area contributed by atoms with E-state index in [0.717, 1.165) is 42.4 Å². The molecule has 3 aromatic rings. The molecule has 0 aliphatic carbocycles. The van der Waals surface area contributed by atoms with Gasteiger partial charge in [-0.05, 0) is 31.2 Å². The van der Waals surface area contributed by atoms with Crippen molar-refractivity contribution in [3.8, 4) is 11.5 Å².